The molecule has 0 radical (unpaired) electrons. The molecular formula is C27H30F5N7O2. The van der Waals surface area contributed by atoms with Crippen molar-refractivity contribution >= 4 is 28.4 Å². The Morgan fingerprint density at radius 3 is 2.54 bits per heavy atom. The molecule has 14 heteroatoms. The van der Waals surface area contributed by atoms with Crippen molar-refractivity contribution in [3.63, 3.8) is 0 Å². The predicted molar refractivity (Wildman–Crippen MR) is 145 cm³/mol. The van der Waals surface area contributed by atoms with Crippen molar-refractivity contribution in [1.82, 2.24) is 20.3 Å². The molecular weight excluding hydrogens is 549 g/mol. The summed E-state index contributed by atoms with van der Waals surface area (Å²) in [7, 11) is 1.57. The van der Waals surface area contributed by atoms with Gasteiger partial charge in [0.2, 0.25) is 11.8 Å². The quantitative estimate of drug-likeness (QED) is 0.298. The van der Waals surface area contributed by atoms with Gasteiger partial charge in [0.15, 0.2) is 5.82 Å². The zero-order valence-electron chi connectivity index (χ0n) is 22.9. The van der Waals surface area contributed by atoms with E-state index in [9.17, 15) is 17.6 Å². The molecule has 5 rings (SSSR count). The number of halogens is 5. The summed E-state index contributed by atoms with van der Waals surface area (Å²) in [5.74, 6) is -2.20. The molecule has 2 aliphatic heterocycles. The molecule has 1 fully saturated rings. The molecule has 2 aromatic heterocycles. The molecule has 1 aromatic carbocycles. The van der Waals surface area contributed by atoms with Crippen LogP contribution in [0.4, 0.5) is 39.4 Å². The van der Waals surface area contributed by atoms with E-state index < -0.39 is 52.0 Å². The number of ether oxygens (including phenoxy) is 2. The summed E-state index contributed by atoms with van der Waals surface area (Å²) in [4.78, 5) is 15.1. The topological polar surface area (TPSA) is 110 Å². The highest BCUT2D eigenvalue weighted by Crippen LogP contribution is 2.45. The number of aromatic nitrogens is 3. The lowest BCUT2D eigenvalue weighted by Gasteiger charge is -2.38. The second-order valence-corrected chi connectivity index (χ2v) is 10.1. The fraction of sp³-hybridized carbons (Fsp3) is 0.444. The molecule has 2 aliphatic rings. The first-order valence-corrected chi connectivity index (χ1v) is 13.1. The Morgan fingerprint density at radius 1 is 1.15 bits per heavy atom. The zero-order chi connectivity index (χ0) is 29.6. The minimum atomic E-state index is -5.03. The third kappa shape index (κ3) is 5.27. The molecule has 3 aromatic rings. The average Bonchev–Trinajstić information content (AvgIpc) is 2.91. The van der Waals surface area contributed by atoms with E-state index in [0.29, 0.717) is 32.6 Å². The molecule has 0 amide bonds. The van der Waals surface area contributed by atoms with Crippen LogP contribution in [0.15, 0.2) is 17.8 Å². The number of nitrogens with one attached hydrogen (secondary N) is 2. The summed E-state index contributed by atoms with van der Waals surface area (Å²) >= 11 is 0. The highest BCUT2D eigenvalue weighted by atomic mass is 19.4. The number of nitrogen functional groups attached to an aromatic ring is 1. The van der Waals surface area contributed by atoms with E-state index in [0.717, 1.165) is 18.7 Å². The van der Waals surface area contributed by atoms with Crippen molar-refractivity contribution < 1.29 is 31.4 Å². The number of nitrogens with zero attached hydrogens (tertiary/aromatic N) is 4. The van der Waals surface area contributed by atoms with E-state index in [1.807, 2.05) is 13.0 Å². The van der Waals surface area contributed by atoms with Crippen molar-refractivity contribution in [2.45, 2.75) is 45.6 Å². The van der Waals surface area contributed by atoms with Gasteiger partial charge in [-0.15, -0.1) is 0 Å². The van der Waals surface area contributed by atoms with Gasteiger partial charge in [0.05, 0.1) is 30.0 Å². The van der Waals surface area contributed by atoms with Crippen LogP contribution in [-0.2, 0) is 10.9 Å². The Bertz CT molecular complexity index is 1520. The van der Waals surface area contributed by atoms with Crippen molar-refractivity contribution in [2.24, 2.45) is 0 Å². The number of allylic oxidation sites excluding steroid dienone is 1. The lowest BCUT2D eigenvalue weighted by molar-refractivity contribution is -0.137. The van der Waals surface area contributed by atoms with E-state index in [2.05, 4.69) is 25.6 Å². The molecule has 220 valence electrons. The largest absolute Gasteiger partial charge is 0.474 e. The highest BCUT2D eigenvalue weighted by molar-refractivity contribution is 5.97. The first-order valence-electron chi connectivity index (χ1n) is 13.1. The fourth-order valence-electron chi connectivity index (χ4n) is 4.92. The highest BCUT2D eigenvalue weighted by Gasteiger charge is 2.39. The Labute approximate surface area is 232 Å². The second-order valence-electron chi connectivity index (χ2n) is 10.1. The maximum absolute atomic E-state index is 16.4. The smallest absolute Gasteiger partial charge is 0.417 e. The monoisotopic (exact) mass is 579 g/mol. The maximum Gasteiger partial charge on any atom is 0.417 e. The van der Waals surface area contributed by atoms with Gasteiger partial charge in [-0.25, -0.2) is 18.7 Å². The van der Waals surface area contributed by atoms with Crippen LogP contribution in [0.5, 0.6) is 5.88 Å². The number of nitrogens with two attached hydrogens (primary N) is 1. The Kier molecular flexibility index (Phi) is 7.53. The van der Waals surface area contributed by atoms with Gasteiger partial charge in [0, 0.05) is 44.4 Å². The van der Waals surface area contributed by atoms with Gasteiger partial charge < -0.3 is 30.7 Å². The molecule has 4 heterocycles. The average molecular weight is 580 g/mol. The summed E-state index contributed by atoms with van der Waals surface area (Å²) in [6, 6.07) is 0.742. The van der Waals surface area contributed by atoms with Crippen LogP contribution in [0.25, 0.3) is 22.2 Å². The molecule has 1 saturated heterocycles. The van der Waals surface area contributed by atoms with E-state index >= 15 is 4.39 Å². The van der Waals surface area contributed by atoms with Gasteiger partial charge in [-0.3, -0.25) is 0 Å². The van der Waals surface area contributed by atoms with Crippen LogP contribution >= 0.6 is 0 Å². The Morgan fingerprint density at radius 2 is 1.88 bits per heavy atom. The number of anilines is 3. The van der Waals surface area contributed by atoms with Crippen molar-refractivity contribution in [3.05, 3.63) is 40.6 Å². The third-order valence-electron chi connectivity index (χ3n) is 7.28. The first kappa shape index (κ1) is 28.6. The molecule has 0 unspecified atom stereocenters. The number of pyridine rings is 1. The predicted octanol–water partition coefficient (Wildman–Crippen LogP) is 4.79. The van der Waals surface area contributed by atoms with Gasteiger partial charge in [0.1, 0.15) is 28.2 Å². The van der Waals surface area contributed by atoms with Crippen LogP contribution in [-0.4, -0.2) is 60.4 Å². The minimum Gasteiger partial charge on any atom is -0.474 e. The molecule has 0 spiro atoms. The van der Waals surface area contributed by atoms with E-state index in [-0.39, 0.29) is 34.7 Å². The SMILES string of the molecule is C/C=C1/CNc2nc(N3CC(OC)C3)nc3c(F)c(-c4cc(N)c(F)c(C)c4C(F)(F)F)nc(c23)O[C@@H](C)CCN1. The molecule has 0 saturated carbocycles. The number of methoxy groups -OCH3 is 1. The van der Waals surface area contributed by atoms with Crippen LogP contribution in [0.2, 0.25) is 0 Å². The normalized spacial score (nSPS) is 19.3. The van der Waals surface area contributed by atoms with Gasteiger partial charge in [0.25, 0.3) is 0 Å². The van der Waals surface area contributed by atoms with Crippen molar-refractivity contribution in [3.8, 4) is 17.1 Å². The van der Waals surface area contributed by atoms with Crippen LogP contribution < -0.4 is 26.0 Å². The van der Waals surface area contributed by atoms with E-state index in [1.165, 1.54) is 0 Å². The number of rotatable bonds is 3. The summed E-state index contributed by atoms with van der Waals surface area (Å²) in [6.45, 7) is 6.28. The maximum atomic E-state index is 16.4. The summed E-state index contributed by atoms with van der Waals surface area (Å²) in [5, 5.41) is 6.55. The Balaban J connectivity index is 1.82. The van der Waals surface area contributed by atoms with Crippen molar-refractivity contribution in [2.75, 3.05) is 49.2 Å². The zero-order valence-corrected chi connectivity index (χ0v) is 22.9. The molecule has 1 atom stereocenters. The van der Waals surface area contributed by atoms with Crippen molar-refractivity contribution in [1.29, 1.82) is 0 Å². The number of hydrogen-bond donors (Lipinski definition) is 3. The summed E-state index contributed by atoms with van der Waals surface area (Å²) in [6.07, 6.45) is -3.19. The van der Waals surface area contributed by atoms with E-state index in [4.69, 9.17) is 15.2 Å². The van der Waals surface area contributed by atoms with Gasteiger partial charge >= 0.3 is 6.18 Å². The standard InChI is InChI=1S/C27H30F5N7O2/c1-5-14-9-35-24-18-23(37-26(38-24)39-10-15(11-39)40-4)21(29)22(36-25(18)41-12(2)6-7-34-14)16-8-17(33)20(28)13(3)19(16)27(30,31)32/h5,8,12,15,34H,6-7,9-11,33H2,1-4H3,(H,35,37,38)/b14-5-/t12-/m0/s1. The first-order chi connectivity index (χ1) is 19.4. The number of hydrogen-bond acceptors (Lipinski definition) is 9. The van der Waals surface area contributed by atoms with Crippen LogP contribution in [0, 0.1) is 18.6 Å². The minimum absolute atomic E-state index is 0.0726. The van der Waals surface area contributed by atoms with Gasteiger partial charge in [-0.1, -0.05) is 6.08 Å². The third-order valence-corrected chi connectivity index (χ3v) is 7.28. The summed E-state index contributed by atoms with van der Waals surface area (Å²) in [5.41, 5.74) is 2.12. The van der Waals surface area contributed by atoms with Crippen LogP contribution in [0.1, 0.15) is 31.4 Å². The molecule has 9 nitrogen and oxygen atoms in total. The summed E-state index contributed by atoms with van der Waals surface area (Å²) < 4.78 is 85.1. The number of benzene rings is 1. The second kappa shape index (κ2) is 10.8. The lowest BCUT2D eigenvalue weighted by Crippen LogP contribution is -2.52. The van der Waals surface area contributed by atoms with Crippen LogP contribution in [0.3, 0.4) is 0 Å². The van der Waals surface area contributed by atoms with Gasteiger partial charge in [-0.05, 0) is 32.4 Å². The lowest BCUT2D eigenvalue weighted by atomic mass is 9.96. The number of alkyl halides is 3. The van der Waals surface area contributed by atoms with Gasteiger partial charge in [-0.2, -0.15) is 18.2 Å². The molecule has 4 N–H and O–H groups in total. The fourth-order valence-corrected chi connectivity index (χ4v) is 4.92. The molecule has 41 heavy (non-hydrogen) atoms. The Hall–Kier alpha value is -3.94. The molecule has 0 bridgehead atoms. The molecule has 0 aliphatic carbocycles. The van der Waals surface area contributed by atoms with E-state index in [1.54, 1.807) is 18.9 Å².